The van der Waals surface area contributed by atoms with E-state index in [-0.39, 0.29) is 18.4 Å². The van der Waals surface area contributed by atoms with Crippen LogP contribution in [0.3, 0.4) is 0 Å². The fourth-order valence-corrected chi connectivity index (χ4v) is 2.29. The molecule has 1 aliphatic heterocycles. The highest BCUT2D eigenvalue weighted by Gasteiger charge is 2.33. The van der Waals surface area contributed by atoms with Gasteiger partial charge >= 0.3 is 5.97 Å². The Bertz CT molecular complexity index is 490. The van der Waals surface area contributed by atoms with Gasteiger partial charge in [0.05, 0.1) is 6.61 Å². The lowest BCUT2D eigenvalue weighted by atomic mass is 9.97. The fraction of sp³-hybridized carbons (Fsp3) is 0.429. The Hall–Kier alpha value is -2.08. The van der Waals surface area contributed by atoms with E-state index in [1.54, 1.807) is 6.92 Å². The smallest absolute Gasteiger partial charge is 0.375 e. The number of esters is 1. The van der Waals surface area contributed by atoms with E-state index in [0.717, 1.165) is 12.0 Å². The molecule has 2 unspecified atom stereocenters. The van der Waals surface area contributed by atoms with E-state index in [4.69, 9.17) is 10.5 Å². The van der Waals surface area contributed by atoms with Gasteiger partial charge in [0.1, 0.15) is 6.23 Å². The van der Waals surface area contributed by atoms with Crippen LogP contribution in [0.4, 0.5) is 0 Å². The highest BCUT2D eigenvalue weighted by Crippen LogP contribution is 2.31. The molecule has 3 N–H and O–H groups in total. The van der Waals surface area contributed by atoms with Gasteiger partial charge in [0.15, 0.2) is 0 Å². The fourth-order valence-electron chi connectivity index (χ4n) is 2.29. The lowest BCUT2D eigenvalue weighted by Gasteiger charge is -2.21. The Morgan fingerprint density at radius 1 is 1.50 bits per heavy atom. The third-order valence-corrected chi connectivity index (χ3v) is 3.28. The first-order chi connectivity index (χ1) is 9.63. The van der Waals surface area contributed by atoms with Crippen molar-refractivity contribution in [3.8, 4) is 0 Å². The summed E-state index contributed by atoms with van der Waals surface area (Å²) >= 11 is 0. The van der Waals surface area contributed by atoms with Crippen molar-refractivity contribution in [2.75, 3.05) is 13.2 Å². The maximum Gasteiger partial charge on any atom is 0.375 e. The molecule has 0 saturated carbocycles. The first-order valence-corrected chi connectivity index (χ1v) is 6.64. The van der Waals surface area contributed by atoms with Crippen LogP contribution in [0.2, 0.25) is 0 Å². The minimum absolute atomic E-state index is 0.0325. The first-order valence-electron chi connectivity index (χ1n) is 6.64. The van der Waals surface area contributed by atoms with Crippen LogP contribution in [0.1, 0.15) is 24.8 Å². The van der Waals surface area contributed by atoms with Crippen molar-refractivity contribution in [1.82, 2.24) is 5.01 Å². The summed E-state index contributed by atoms with van der Waals surface area (Å²) in [7, 11) is 0. The van der Waals surface area contributed by atoms with Crippen LogP contribution in [0, 0.1) is 0 Å². The molecule has 1 aromatic carbocycles. The molecule has 1 aromatic rings. The molecule has 0 amide bonds. The summed E-state index contributed by atoms with van der Waals surface area (Å²) in [5, 5.41) is 15.7. The van der Waals surface area contributed by atoms with Crippen molar-refractivity contribution in [2.45, 2.75) is 25.5 Å². The summed E-state index contributed by atoms with van der Waals surface area (Å²) in [4.78, 5) is 11.4. The number of carbonyl (C=O) groups is 1. The maximum atomic E-state index is 11.4. The summed E-state index contributed by atoms with van der Waals surface area (Å²) in [5.74, 6) is -0.933. The zero-order valence-electron chi connectivity index (χ0n) is 11.4. The number of benzene rings is 1. The molecule has 0 aromatic heterocycles. The van der Waals surface area contributed by atoms with Crippen LogP contribution in [0.5, 0.6) is 0 Å². The SMILES string of the molecule is CCOC(=O)C(N)=NN1CCC(c2ccccc2)C1O. The average molecular weight is 277 g/mol. The van der Waals surface area contributed by atoms with Crippen molar-refractivity contribution in [3.05, 3.63) is 35.9 Å². The number of hydrazone groups is 1. The van der Waals surface area contributed by atoms with Gasteiger partial charge in [0.2, 0.25) is 5.84 Å². The van der Waals surface area contributed by atoms with Gasteiger partial charge in [0.25, 0.3) is 0 Å². The molecule has 1 heterocycles. The Morgan fingerprint density at radius 2 is 2.20 bits per heavy atom. The molecule has 108 valence electrons. The Kier molecular flexibility index (Phi) is 4.57. The molecule has 2 rings (SSSR count). The Morgan fingerprint density at radius 3 is 2.85 bits per heavy atom. The molecule has 20 heavy (non-hydrogen) atoms. The number of aliphatic hydroxyl groups is 1. The quantitative estimate of drug-likeness (QED) is 0.480. The molecule has 0 radical (unpaired) electrons. The van der Waals surface area contributed by atoms with Gasteiger partial charge in [-0.25, -0.2) is 4.79 Å². The monoisotopic (exact) mass is 277 g/mol. The summed E-state index contributed by atoms with van der Waals surface area (Å²) in [6.45, 7) is 2.48. The van der Waals surface area contributed by atoms with E-state index < -0.39 is 12.2 Å². The highest BCUT2D eigenvalue weighted by molar-refractivity contribution is 6.34. The van der Waals surface area contributed by atoms with E-state index >= 15 is 0 Å². The minimum Gasteiger partial charge on any atom is -0.460 e. The van der Waals surface area contributed by atoms with Gasteiger partial charge < -0.3 is 15.6 Å². The number of hydrogen-bond donors (Lipinski definition) is 2. The maximum absolute atomic E-state index is 11.4. The number of amidine groups is 1. The predicted octanol–water partition coefficient (Wildman–Crippen LogP) is 0.630. The number of nitrogens with two attached hydrogens (primary N) is 1. The molecule has 2 atom stereocenters. The molecule has 0 spiro atoms. The lowest BCUT2D eigenvalue weighted by Crippen LogP contribution is -2.34. The molecule has 6 nitrogen and oxygen atoms in total. The van der Waals surface area contributed by atoms with Crippen LogP contribution in [-0.2, 0) is 9.53 Å². The van der Waals surface area contributed by atoms with Crippen LogP contribution < -0.4 is 5.73 Å². The van der Waals surface area contributed by atoms with Gasteiger partial charge in [-0.1, -0.05) is 30.3 Å². The molecule has 0 bridgehead atoms. The number of rotatable bonds is 3. The largest absolute Gasteiger partial charge is 0.460 e. The molecule has 0 aliphatic carbocycles. The average Bonchev–Trinajstić information content (AvgIpc) is 2.81. The Balaban J connectivity index is 2.06. The summed E-state index contributed by atoms with van der Waals surface area (Å²) < 4.78 is 4.76. The second-order valence-electron chi connectivity index (χ2n) is 4.59. The van der Waals surface area contributed by atoms with Crippen molar-refractivity contribution >= 4 is 11.8 Å². The van der Waals surface area contributed by atoms with Crippen LogP contribution >= 0.6 is 0 Å². The number of nitrogens with zero attached hydrogens (tertiary/aromatic N) is 2. The van der Waals surface area contributed by atoms with Gasteiger partial charge in [-0.15, -0.1) is 5.10 Å². The second-order valence-corrected chi connectivity index (χ2v) is 4.59. The van der Waals surface area contributed by atoms with Crippen LogP contribution in [0.25, 0.3) is 0 Å². The van der Waals surface area contributed by atoms with Crippen LogP contribution in [0.15, 0.2) is 35.4 Å². The highest BCUT2D eigenvalue weighted by atomic mass is 16.5. The van der Waals surface area contributed by atoms with E-state index in [1.165, 1.54) is 5.01 Å². The molecule has 1 saturated heterocycles. The third-order valence-electron chi connectivity index (χ3n) is 3.28. The van der Waals surface area contributed by atoms with E-state index in [9.17, 15) is 9.90 Å². The summed E-state index contributed by atoms with van der Waals surface area (Å²) in [6.07, 6.45) is -0.0319. The topological polar surface area (TPSA) is 88.2 Å². The zero-order valence-corrected chi connectivity index (χ0v) is 11.4. The van der Waals surface area contributed by atoms with Gasteiger partial charge in [0, 0.05) is 12.5 Å². The molecule has 6 heteroatoms. The van der Waals surface area contributed by atoms with Gasteiger partial charge in [-0.2, -0.15) is 0 Å². The summed E-state index contributed by atoms with van der Waals surface area (Å²) in [6, 6.07) is 9.73. The van der Waals surface area contributed by atoms with E-state index in [2.05, 4.69) is 5.10 Å². The zero-order chi connectivity index (χ0) is 14.5. The predicted molar refractivity (Wildman–Crippen MR) is 74.8 cm³/mol. The van der Waals surface area contributed by atoms with Crippen molar-refractivity contribution < 1.29 is 14.6 Å². The molecule has 1 aliphatic rings. The van der Waals surface area contributed by atoms with Crippen molar-refractivity contribution in [1.29, 1.82) is 0 Å². The van der Waals surface area contributed by atoms with E-state index in [1.807, 2.05) is 30.3 Å². The second kappa shape index (κ2) is 6.38. The normalized spacial score (nSPS) is 22.9. The van der Waals surface area contributed by atoms with Crippen LogP contribution in [-0.4, -0.2) is 41.3 Å². The molecule has 1 fully saturated rings. The number of hydrogen-bond acceptors (Lipinski definition) is 5. The number of aliphatic hydroxyl groups excluding tert-OH is 1. The van der Waals surface area contributed by atoms with E-state index in [0.29, 0.717) is 6.54 Å². The van der Waals surface area contributed by atoms with Gasteiger partial charge in [-0.3, -0.25) is 5.01 Å². The van der Waals surface area contributed by atoms with Crippen molar-refractivity contribution in [3.63, 3.8) is 0 Å². The summed E-state index contributed by atoms with van der Waals surface area (Å²) in [5.41, 5.74) is 6.60. The minimum atomic E-state index is -0.787. The number of ether oxygens (including phenoxy) is 1. The first kappa shape index (κ1) is 14.3. The standard InChI is InChI=1S/C14H19N3O3/c1-2-20-14(19)12(15)16-17-9-8-11(13(17)18)10-6-4-3-5-7-10/h3-7,11,13,18H,2,8-9H2,1H3,(H2,15,16). The number of carbonyl (C=O) groups excluding carboxylic acids is 1. The van der Waals surface area contributed by atoms with Crippen molar-refractivity contribution in [2.24, 2.45) is 10.8 Å². The van der Waals surface area contributed by atoms with Gasteiger partial charge in [-0.05, 0) is 18.9 Å². The lowest BCUT2D eigenvalue weighted by molar-refractivity contribution is -0.135. The molecular formula is C14H19N3O3. The third kappa shape index (κ3) is 3.08. The molecular weight excluding hydrogens is 258 g/mol. The Labute approximate surface area is 117 Å².